The second kappa shape index (κ2) is 7.19. The molecule has 3 N–H and O–H groups in total. The third-order valence-corrected chi connectivity index (χ3v) is 1.36. The highest BCUT2D eigenvalue weighted by Crippen LogP contribution is 1.85. The van der Waals surface area contributed by atoms with Crippen LogP contribution in [-0.4, -0.2) is 55.3 Å². The Balaban J connectivity index is 0. The molecule has 1 atom stereocenters. The van der Waals surface area contributed by atoms with Crippen molar-refractivity contribution >= 4 is 11.9 Å². The minimum Gasteiger partial charge on any atom is -0.544 e. The highest BCUT2D eigenvalue weighted by molar-refractivity contribution is 5.72. The summed E-state index contributed by atoms with van der Waals surface area (Å²) in [6, 6.07) is -0.681. The van der Waals surface area contributed by atoms with Crippen LogP contribution in [0.25, 0.3) is 0 Å². The quantitative estimate of drug-likeness (QED) is 0.547. The number of carbonyl (C=O) groups is 2. The number of carboxylic acids is 2. The van der Waals surface area contributed by atoms with Crippen molar-refractivity contribution < 1.29 is 24.3 Å². The number of hydrogen-bond acceptors (Lipinski definition) is 4. The number of quaternary nitrogens is 1. The summed E-state index contributed by atoms with van der Waals surface area (Å²) in [5, 5.41) is 17.9. The minimum absolute atomic E-state index is 0.0694. The fourth-order valence-electron chi connectivity index (χ4n) is 0.562. The standard InChI is InChI=1S/C5H11NO2.C4H9NO2/c1-6(2,3)4-5(7)8;1-2-3(5)4(6)7/h4H2,1-3H3;3H,2,5H2,1H3,(H,6,7)/t;3-/m.1/s1. The van der Waals surface area contributed by atoms with Gasteiger partial charge in [-0.05, 0) is 6.42 Å². The van der Waals surface area contributed by atoms with E-state index in [1.54, 1.807) is 28.1 Å². The van der Waals surface area contributed by atoms with Crippen LogP contribution in [0.3, 0.4) is 0 Å². The molecule has 0 rings (SSSR count). The largest absolute Gasteiger partial charge is 0.544 e. The Bertz CT molecular complexity index is 211. The molecule has 0 spiro atoms. The Morgan fingerprint density at radius 1 is 1.40 bits per heavy atom. The Labute approximate surface area is 89.9 Å². The zero-order chi connectivity index (χ0) is 12.6. The summed E-state index contributed by atoms with van der Waals surface area (Å²) in [5.74, 6) is -1.93. The van der Waals surface area contributed by atoms with Gasteiger partial charge in [0.25, 0.3) is 0 Å². The molecule has 0 aromatic rings. The molecule has 90 valence electrons. The molecule has 0 saturated carbocycles. The average Bonchev–Trinajstić information content (AvgIpc) is 1.99. The van der Waals surface area contributed by atoms with Gasteiger partial charge >= 0.3 is 5.97 Å². The van der Waals surface area contributed by atoms with Crippen LogP contribution in [0.1, 0.15) is 13.3 Å². The number of hydrogen-bond donors (Lipinski definition) is 2. The van der Waals surface area contributed by atoms with Gasteiger partial charge in [-0.25, -0.2) is 0 Å². The van der Waals surface area contributed by atoms with Crippen LogP contribution in [0.2, 0.25) is 0 Å². The number of nitrogens with zero attached hydrogens (tertiary/aromatic N) is 1. The number of nitrogens with two attached hydrogens (primary N) is 1. The topological polar surface area (TPSA) is 103 Å². The molecule has 0 amide bonds. The third-order valence-electron chi connectivity index (χ3n) is 1.36. The molecule has 0 radical (unpaired) electrons. The van der Waals surface area contributed by atoms with E-state index < -0.39 is 18.0 Å². The summed E-state index contributed by atoms with van der Waals surface area (Å²) in [7, 11) is 5.40. The van der Waals surface area contributed by atoms with Gasteiger partial charge in [-0.2, -0.15) is 0 Å². The summed E-state index contributed by atoms with van der Waals surface area (Å²) in [4.78, 5) is 19.7. The first-order valence-corrected chi connectivity index (χ1v) is 4.58. The van der Waals surface area contributed by atoms with Gasteiger partial charge in [-0.3, -0.25) is 4.79 Å². The molecule has 0 aromatic heterocycles. The van der Waals surface area contributed by atoms with E-state index in [1.165, 1.54) is 0 Å². The van der Waals surface area contributed by atoms with Gasteiger partial charge in [0.05, 0.1) is 27.1 Å². The molecule has 0 aliphatic carbocycles. The molecule has 15 heavy (non-hydrogen) atoms. The van der Waals surface area contributed by atoms with Crippen molar-refractivity contribution in [2.75, 3.05) is 27.7 Å². The molecule has 0 saturated heterocycles. The first kappa shape index (κ1) is 16.3. The zero-order valence-electron chi connectivity index (χ0n) is 9.69. The predicted octanol–water partition coefficient (Wildman–Crippen LogP) is -1.75. The van der Waals surface area contributed by atoms with Gasteiger partial charge in [0, 0.05) is 0 Å². The number of aliphatic carboxylic acids is 2. The molecule has 6 heteroatoms. The fraction of sp³-hybridized carbons (Fsp3) is 0.778. The summed E-state index contributed by atoms with van der Waals surface area (Å²) < 4.78 is 0.419. The lowest BCUT2D eigenvalue weighted by molar-refractivity contribution is -0.864. The molecule has 0 heterocycles. The maximum atomic E-state index is 9.89. The van der Waals surface area contributed by atoms with Crippen LogP contribution >= 0.6 is 0 Å². The first-order chi connectivity index (χ1) is 6.60. The highest BCUT2D eigenvalue weighted by Gasteiger charge is 2.05. The van der Waals surface area contributed by atoms with E-state index in [0.29, 0.717) is 10.9 Å². The Morgan fingerprint density at radius 3 is 1.80 bits per heavy atom. The highest BCUT2D eigenvalue weighted by atomic mass is 16.4. The molecule has 0 aromatic carbocycles. The van der Waals surface area contributed by atoms with Crippen molar-refractivity contribution in [3.8, 4) is 0 Å². The van der Waals surface area contributed by atoms with Gasteiger partial charge < -0.3 is 25.2 Å². The monoisotopic (exact) mass is 220 g/mol. The summed E-state index contributed by atoms with van der Waals surface area (Å²) in [5.41, 5.74) is 5.02. The van der Waals surface area contributed by atoms with Crippen LogP contribution in [0.15, 0.2) is 0 Å². The zero-order valence-corrected chi connectivity index (χ0v) is 9.69. The molecule has 0 aliphatic heterocycles. The second-order valence-corrected chi connectivity index (χ2v) is 4.17. The van der Waals surface area contributed by atoms with E-state index in [9.17, 15) is 14.7 Å². The smallest absolute Gasteiger partial charge is 0.320 e. The van der Waals surface area contributed by atoms with Gasteiger partial charge in [0.2, 0.25) is 0 Å². The van der Waals surface area contributed by atoms with Crippen molar-refractivity contribution in [3.63, 3.8) is 0 Å². The molecule has 0 bridgehead atoms. The predicted molar refractivity (Wildman–Crippen MR) is 53.8 cm³/mol. The van der Waals surface area contributed by atoms with Gasteiger partial charge in [-0.1, -0.05) is 6.92 Å². The SMILES string of the molecule is CC[C@@H](N)C(=O)O.C[N+](C)(C)CC(=O)[O-]. The van der Waals surface area contributed by atoms with Gasteiger partial charge in [0.1, 0.15) is 12.6 Å². The summed E-state index contributed by atoms with van der Waals surface area (Å²) in [6.45, 7) is 1.80. The molecule has 0 fully saturated rings. The van der Waals surface area contributed by atoms with E-state index >= 15 is 0 Å². The van der Waals surface area contributed by atoms with Crippen molar-refractivity contribution in [2.24, 2.45) is 5.73 Å². The number of likely N-dealkylation sites (N-methyl/N-ethyl adjacent to an activating group) is 1. The van der Waals surface area contributed by atoms with Crippen LogP contribution in [0.5, 0.6) is 0 Å². The number of rotatable bonds is 4. The van der Waals surface area contributed by atoms with Crippen LogP contribution in [0, 0.1) is 0 Å². The molecule has 0 aliphatic rings. The van der Waals surface area contributed by atoms with Crippen molar-refractivity contribution in [1.29, 1.82) is 0 Å². The summed E-state index contributed by atoms with van der Waals surface area (Å²) >= 11 is 0. The molecular formula is C9H20N2O4. The summed E-state index contributed by atoms with van der Waals surface area (Å²) in [6.07, 6.45) is 0.495. The van der Waals surface area contributed by atoms with Gasteiger partial charge in [-0.15, -0.1) is 0 Å². The maximum absolute atomic E-state index is 9.89. The number of carbonyl (C=O) groups excluding carboxylic acids is 1. The molecule has 6 nitrogen and oxygen atoms in total. The second-order valence-electron chi connectivity index (χ2n) is 4.17. The number of carboxylic acid groups (broad SMARTS) is 2. The molecule has 0 unspecified atom stereocenters. The lowest BCUT2D eigenvalue weighted by Crippen LogP contribution is -2.45. The van der Waals surface area contributed by atoms with E-state index in [0.717, 1.165) is 0 Å². The normalized spacial score (nSPS) is 12.3. The molecular weight excluding hydrogens is 200 g/mol. The van der Waals surface area contributed by atoms with Crippen LogP contribution < -0.4 is 10.8 Å². The average molecular weight is 220 g/mol. The van der Waals surface area contributed by atoms with E-state index in [2.05, 4.69) is 0 Å². The Morgan fingerprint density at radius 2 is 1.80 bits per heavy atom. The van der Waals surface area contributed by atoms with Crippen molar-refractivity contribution in [1.82, 2.24) is 0 Å². The Hall–Kier alpha value is -1.14. The fourth-order valence-corrected chi connectivity index (χ4v) is 0.562. The van der Waals surface area contributed by atoms with Crippen LogP contribution in [-0.2, 0) is 9.59 Å². The van der Waals surface area contributed by atoms with Crippen LogP contribution in [0.4, 0.5) is 0 Å². The third kappa shape index (κ3) is 15.6. The van der Waals surface area contributed by atoms with E-state index in [-0.39, 0.29) is 6.54 Å². The first-order valence-electron chi connectivity index (χ1n) is 4.58. The lowest BCUT2D eigenvalue weighted by atomic mass is 10.2. The lowest BCUT2D eigenvalue weighted by Gasteiger charge is -2.23. The van der Waals surface area contributed by atoms with E-state index in [4.69, 9.17) is 10.8 Å². The Kier molecular flexibility index (Phi) is 7.81. The van der Waals surface area contributed by atoms with Gasteiger partial charge in [0.15, 0.2) is 0 Å². The van der Waals surface area contributed by atoms with Crippen molar-refractivity contribution in [2.45, 2.75) is 19.4 Å². The maximum Gasteiger partial charge on any atom is 0.320 e. The van der Waals surface area contributed by atoms with E-state index in [1.807, 2.05) is 0 Å². The minimum atomic E-state index is -1.00. The van der Waals surface area contributed by atoms with Crippen molar-refractivity contribution in [3.05, 3.63) is 0 Å².